The molecular weight excluding hydrogens is 404 g/mol. The quantitative estimate of drug-likeness (QED) is 0.638. The standard InChI is InChI=1S/C20H26N6O3S/c1-3-11-30(28,29)25-10-4-5-16(13-25)18-21-19-17(20(27)22-18)23-24-26(19)12-15-8-6-14(2)7-9-15/h6-9,16H,3-5,10-13H2,1-2H3,(H,21,22,27)/t16-/m1/s1. The third kappa shape index (κ3) is 4.15. The fraction of sp³-hybridized carbons (Fsp3) is 0.500. The smallest absolute Gasteiger partial charge is 0.281 e. The zero-order valence-corrected chi connectivity index (χ0v) is 18.0. The van der Waals surface area contributed by atoms with Crippen LogP contribution < -0.4 is 5.56 Å². The van der Waals surface area contributed by atoms with Crippen LogP contribution in [0.4, 0.5) is 0 Å². The van der Waals surface area contributed by atoms with Crippen LogP contribution in [-0.4, -0.2) is 56.5 Å². The highest BCUT2D eigenvalue weighted by atomic mass is 32.2. The van der Waals surface area contributed by atoms with Gasteiger partial charge in [0.25, 0.3) is 5.56 Å². The summed E-state index contributed by atoms with van der Waals surface area (Å²) in [6.07, 6.45) is 2.08. The van der Waals surface area contributed by atoms with Crippen LogP contribution in [0, 0.1) is 6.92 Å². The number of hydrogen-bond acceptors (Lipinski definition) is 6. The molecule has 1 saturated heterocycles. The molecule has 0 unspecified atom stereocenters. The molecule has 1 atom stereocenters. The second kappa shape index (κ2) is 8.27. The number of fused-ring (bicyclic) bond motifs is 1. The first-order chi connectivity index (χ1) is 14.4. The maximum atomic E-state index is 12.6. The molecule has 9 nitrogen and oxygen atoms in total. The number of benzene rings is 1. The van der Waals surface area contributed by atoms with Crippen molar-refractivity contribution < 1.29 is 8.42 Å². The van der Waals surface area contributed by atoms with Crippen LogP contribution in [0.2, 0.25) is 0 Å². The van der Waals surface area contributed by atoms with Gasteiger partial charge in [-0.15, -0.1) is 5.10 Å². The summed E-state index contributed by atoms with van der Waals surface area (Å²) in [5, 5.41) is 8.11. The van der Waals surface area contributed by atoms with Crippen LogP contribution >= 0.6 is 0 Å². The van der Waals surface area contributed by atoms with Gasteiger partial charge in [-0.05, 0) is 31.7 Å². The number of nitrogens with one attached hydrogen (secondary N) is 1. The summed E-state index contributed by atoms with van der Waals surface area (Å²) in [5.41, 5.74) is 2.46. The summed E-state index contributed by atoms with van der Waals surface area (Å²) in [6, 6.07) is 8.06. The lowest BCUT2D eigenvalue weighted by molar-refractivity contribution is 0.309. The highest BCUT2D eigenvalue weighted by molar-refractivity contribution is 7.89. The fourth-order valence-corrected chi connectivity index (χ4v) is 5.44. The predicted octanol–water partition coefficient (Wildman–Crippen LogP) is 1.79. The van der Waals surface area contributed by atoms with Crippen molar-refractivity contribution in [3.8, 4) is 0 Å². The summed E-state index contributed by atoms with van der Waals surface area (Å²) in [5.74, 6) is 0.470. The molecule has 1 N–H and O–H groups in total. The third-order valence-corrected chi connectivity index (χ3v) is 7.51. The van der Waals surface area contributed by atoms with Gasteiger partial charge in [0.1, 0.15) is 5.82 Å². The molecule has 0 amide bonds. The van der Waals surface area contributed by atoms with E-state index in [9.17, 15) is 13.2 Å². The summed E-state index contributed by atoms with van der Waals surface area (Å²) in [7, 11) is -3.28. The maximum Gasteiger partial charge on any atom is 0.281 e. The first-order valence-corrected chi connectivity index (χ1v) is 11.8. The van der Waals surface area contributed by atoms with Gasteiger partial charge >= 0.3 is 0 Å². The van der Waals surface area contributed by atoms with Gasteiger partial charge < -0.3 is 4.98 Å². The molecule has 0 radical (unpaired) electrons. The number of hydrogen-bond donors (Lipinski definition) is 1. The molecule has 160 valence electrons. The van der Waals surface area contributed by atoms with Gasteiger partial charge in [-0.1, -0.05) is 42.0 Å². The summed E-state index contributed by atoms with van der Waals surface area (Å²) >= 11 is 0. The Kier molecular flexibility index (Phi) is 5.70. The average Bonchev–Trinajstić information content (AvgIpc) is 3.13. The molecule has 1 fully saturated rings. The van der Waals surface area contributed by atoms with Crippen molar-refractivity contribution in [3.63, 3.8) is 0 Å². The van der Waals surface area contributed by atoms with E-state index < -0.39 is 10.0 Å². The minimum Gasteiger partial charge on any atom is -0.308 e. The molecule has 1 aromatic carbocycles. The third-order valence-electron chi connectivity index (χ3n) is 5.47. The van der Waals surface area contributed by atoms with Crippen LogP contribution in [0.25, 0.3) is 11.2 Å². The van der Waals surface area contributed by atoms with E-state index >= 15 is 0 Å². The van der Waals surface area contributed by atoms with E-state index in [-0.39, 0.29) is 22.7 Å². The number of nitrogens with zero attached hydrogens (tertiary/aromatic N) is 5. The number of aryl methyl sites for hydroxylation is 1. The molecule has 1 aliphatic heterocycles. The second-order valence-electron chi connectivity index (χ2n) is 7.87. The lowest BCUT2D eigenvalue weighted by Gasteiger charge is -2.31. The molecule has 0 spiro atoms. The van der Waals surface area contributed by atoms with E-state index in [1.807, 2.05) is 38.1 Å². The molecule has 1 aliphatic rings. The Hall–Kier alpha value is -2.59. The summed E-state index contributed by atoms with van der Waals surface area (Å²) in [6.45, 7) is 5.17. The normalized spacial score (nSPS) is 18.1. The van der Waals surface area contributed by atoms with E-state index in [4.69, 9.17) is 0 Å². The highest BCUT2D eigenvalue weighted by Crippen LogP contribution is 2.26. The Labute approximate surface area is 175 Å². The van der Waals surface area contributed by atoms with Crippen molar-refractivity contribution in [3.05, 3.63) is 51.6 Å². The van der Waals surface area contributed by atoms with Crippen LogP contribution in [0.5, 0.6) is 0 Å². The largest absolute Gasteiger partial charge is 0.308 e. The van der Waals surface area contributed by atoms with Crippen LogP contribution in [-0.2, 0) is 16.6 Å². The van der Waals surface area contributed by atoms with E-state index in [1.54, 1.807) is 4.68 Å². The van der Waals surface area contributed by atoms with Gasteiger partial charge in [-0.25, -0.2) is 22.4 Å². The first kappa shape index (κ1) is 20.7. The predicted molar refractivity (Wildman–Crippen MR) is 114 cm³/mol. The van der Waals surface area contributed by atoms with Crippen LogP contribution in [0.3, 0.4) is 0 Å². The Morgan fingerprint density at radius 3 is 2.73 bits per heavy atom. The topological polar surface area (TPSA) is 114 Å². The van der Waals surface area contributed by atoms with Gasteiger partial charge in [0, 0.05) is 19.0 Å². The zero-order chi connectivity index (χ0) is 21.3. The molecule has 0 bridgehead atoms. The number of H-pyrrole nitrogens is 1. The molecule has 0 aliphatic carbocycles. The average molecular weight is 431 g/mol. The van der Waals surface area contributed by atoms with Crippen LogP contribution in [0.15, 0.2) is 29.1 Å². The Bertz CT molecular complexity index is 1200. The number of piperidine rings is 1. The van der Waals surface area contributed by atoms with Crippen LogP contribution in [0.1, 0.15) is 49.1 Å². The fourth-order valence-electron chi connectivity index (χ4n) is 3.85. The van der Waals surface area contributed by atoms with Crippen molar-refractivity contribution in [1.29, 1.82) is 0 Å². The van der Waals surface area contributed by atoms with E-state index in [1.165, 1.54) is 9.87 Å². The van der Waals surface area contributed by atoms with Crippen molar-refractivity contribution in [2.24, 2.45) is 0 Å². The molecular formula is C20H26N6O3S. The van der Waals surface area contributed by atoms with Gasteiger partial charge in [0.05, 0.1) is 12.3 Å². The van der Waals surface area contributed by atoms with Crippen molar-refractivity contribution >= 4 is 21.2 Å². The maximum absolute atomic E-state index is 12.6. The number of aromatic nitrogens is 5. The zero-order valence-electron chi connectivity index (χ0n) is 17.2. The molecule has 2 aromatic heterocycles. The van der Waals surface area contributed by atoms with Gasteiger partial charge in [-0.3, -0.25) is 4.79 Å². The molecule has 30 heavy (non-hydrogen) atoms. The first-order valence-electron chi connectivity index (χ1n) is 10.2. The minimum atomic E-state index is -3.28. The number of sulfonamides is 1. The van der Waals surface area contributed by atoms with Crippen molar-refractivity contribution in [2.45, 2.75) is 45.6 Å². The SMILES string of the molecule is CCCS(=O)(=O)N1CCC[C@@H](c2nc3c(nnn3Cc3ccc(C)cc3)c(=O)[nH]2)C1. The lowest BCUT2D eigenvalue weighted by atomic mass is 9.99. The van der Waals surface area contributed by atoms with E-state index in [2.05, 4.69) is 20.3 Å². The van der Waals surface area contributed by atoms with Gasteiger partial charge in [0.2, 0.25) is 10.0 Å². The van der Waals surface area contributed by atoms with Crippen molar-refractivity contribution in [2.75, 3.05) is 18.8 Å². The van der Waals surface area contributed by atoms with E-state index in [0.717, 1.165) is 18.4 Å². The Balaban J connectivity index is 1.65. The molecule has 0 saturated carbocycles. The van der Waals surface area contributed by atoms with Gasteiger partial charge in [0.15, 0.2) is 11.2 Å². The van der Waals surface area contributed by atoms with Gasteiger partial charge in [-0.2, -0.15) is 0 Å². The minimum absolute atomic E-state index is 0.135. The summed E-state index contributed by atoms with van der Waals surface area (Å²) < 4.78 is 28.1. The van der Waals surface area contributed by atoms with E-state index in [0.29, 0.717) is 37.5 Å². The molecule has 3 heterocycles. The molecule has 3 aromatic rings. The second-order valence-corrected chi connectivity index (χ2v) is 9.96. The Morgan fingerprint density at radius 1 is 1.23 bits per heavy atom. The van der Waals surface area contributed by atoms with Crippen molar-refractivity contribution in [1.82, 2.24) is 29.3 Å². The summed E-state index contributed by atoms with van der Waals surface area (Å²) in [4.78, 5) is 20.1. The molecule has 10 heteroatoms. The Morgan fingerprint density at radius 2 is 2.00 bits per heavy atom. The lowest BCUT2D eigenvalue weighted by Crippen LogP contribution is -2.41. The monoisotopic (exact) mass is 430 g/mol. The highest BCUT2D eigenvalue weighted by Gasteiger charge is 2.30. The number of aromatic amines is 1. The molecule has 4 rings (SSSR count). The number of rotatable bonds is 6.